The first kappa shape index (κ1) is 13.5. The minimum atomic E-state index is -0.818. The van der Waals surface area contributed by atoms with Crippen molar-refractivity contribution in [2.24, 2.45) is 0 Å². The van der Waals surface area contributed by atoms with Crippen LogP contribution in [0.15, 0.2) is 24.3 Å². The zero-order chi connectivity index (χ0) is 14.3. The molecule has 0 radical (unpaired) electrons. The Morgan fingerprint density at radius 2 is 2.00 bits per heavy atom. The summed E-state index contributed by atoms with van der Waals surface area (Å²) in [6.07, 6.45) is 1.48. The van der Waals surface area contributed by atoms with Crippen molar-refractivity contribution in [3.8, 4) is 0 Å². The van der Waals surface area contributed by atoms with Crippen LogP contribution >= 0.6 is 23.2 Å². The van der Waals surface area contributed by atoms with E-state index in [1.807, 2.05) is 6.07 Å². The lowest BCUT2D eigenvalue weighted by Crippen LogP contribution is -2.36. The fraction of sp³-hybridized carbons (Fsp3) is 0.286. The average Bonchev–Trinajstić information content (AvgIpc) is 2.92. The Balaban J connectivity index is 2.09. The summed E-state index contributed by atoms with van der Waals surface area (Å²) in [6.45, 7) is 0.688. The van der Waals surface area contributed by atoms with Crippen molar-refractivity contribution < 1.29 is 9.90 Å². The predicted molar refractivity (Wildman–Crippen MR) is 79.8 cm³/mol. The highest BCUT2D eigenvalue weighted by atomic mass is 35.5. The second-order valence-electron chi connectivity index (χ2n) is 4.78. The number of carboxylic acids is 1. The van der Waals surface area contributed by atoms with Crippen molar-refractivity contribution >= 4 is 45.9 Å². The van der Waals surface area contributed by atoms with Gasteiger partial charge in [-0.2, -0.15) is 0 Å². The van der Waals surface area contributed by atoms with Gasteiger partial charge in [0.1, 0.15) is 11.9 Å². The predicted octanol–water partition coefficient (Wildman–Crippen LogP) is 3.60. The molecule has 0 aliphatic carbocycles. The molecule has 2 aromatic rings. The monoisotopic (exact) mass is 310 g/mol. The quantitative estimate of drug-likeness (QED) is 0.921. The van der Waals surface area contributed by atoms with Crippen molar-refractivity contribution in [1.29, 1.82) is 0 Å². The van der Waals surface area contributed by atoms with E-state index in [0.29, 0.717) is 34.3 Å². The number of halogens is 2. The third-order valence-corrected chi connectivity index (χ3v) is 4.21. The van der Waals surface area contributed by atoms with Gasteiger partial charge in [0.2, 0.25) is 0 Å². The van der Waals surface area contributed by atoms with Crippen LogP contribution in [-0.2, 0) is 4.79 Å². The Bertz CT molecular complexity index is 690. The number of rotatable bonds is 2. The standard InChI is InChI=1S/C14H12Cl2N2O2/c15-9-4-5-10(16)13-8(9)3-6-12(17-13)18-7-1-2-11(18)14(19)20/h3-6,11H,1-2,7H2,(H,19,20)/t11-/m1/s1. The first-order valence-corrected chi connectivity index (χ1v) is 7.08. The van der Waals surface area contributed by atoms with E-state index in [-0.39, 0.29) is 0 Å². The van der Waals surface area contributed by atoms with Crippen LogP contribution in [0.5, 0.6) is 0 Å². The summed E-state index contributed by atoms with van der Waals surface area (Å²) in [5, 5.41) is 11.1. The van der Waals surface area contributed by atoms with Gasteiger partial charge in [-0.3, -0.25) is 0 Å². The second kappa shape index (κ2) is 5.11. The minimum Gasteiger partial charge on any atom is -0.480 e. The summed E-state index contributed by atoms with van der Waals surface area (Å²) >= 11 is 12.3. The van der Waals surface area contributed by atoms with Gasteiger partial charge in [-0.25, -0.2) is 9.78 Å². The van der Waals surface area contributed by atoms with Crippen LogP contribution in [0.4, 0.5) is 5.82 Å². The molecule has 0 saturated carbocycles. The number of benzene rings is 1. The largest absolute Gasteiger partial charge is 0.480 e. The van der Waals surface area contributed by atoms with E-state index in [1.54, 1.807) is 23.1 Å². The van der Waals surface area contributed by atoms with Crippen LogP contribution in [0.1, 0.15) is 12.8 Å². The van der Waals surface area contributed by atoms with Gasteiger partial charge in [-0.1, -0.05) is 23.2 Å². The Hall–Kier alpha value is -1.52. The highest BCUT2D eigenvalue weighted by Gasteiger charge is 2.31. The molecule has 2 heterocycles. The lowest BCUT2D eigenvalue weighted by Gasteiger charge is -2.22. The maximum Gasteiger partial charge on any atom is 0.326 e. The molecule has 104 valence electrons. The fourth-order valence-corrected chi connectivity index (χ4v) is 3.02. The number of fused-ring (bicyclic) bond motifs is 1. The van der Waals surface area contributed by atoms with Crippen molar-refractivity contribution in [2.75, 3.05) is 11.4 Å². The summed E-state index contributed by atoms with van der Waals surface area (Å²) in [4.78, 5) is 17.6. The third kappa shape index (κ3) is 2.19. The van der Waals surface area contributed by atoms with E-state index in [9.17, 15) is 9.90 Å². The highest BCUT2D eigenvalue weighted by Crippen LogP contribution is 2.32. The number of carbonyl (C=O) groups is 1. The zero-order valence-corrected chi connectivity index (χ0v) is 12.0. The maximum atomic E-state index is 11.3. The first-order chi connectivity index (χ1) is 9.58. The number of aliphatic carboxylic acids is 1. The summed E-state index contributed by atoms with van der Waals surface area (Å²) in [7, 11) is 0. The normalized spacial score (nSPS) is 18.7. The lowest BCUT2D eigenvalue weighted by atomic mass is 10.2. The number of hydrogen-bond acceptors (Lipinski definition) is 3. The molecule has 1 aromatic heterocycles. The molecule has 1 aliphatic heterocycles. The lowest BCUT2D eigenvalue weighted by molar-refractivity contribution is -0.138. The van der Waals surface area contributed by atoms with Crippen molar-refractivity contribution in [3.05, 3.63) is 34.3 Å². The van der Waals surface area contributed by atoms with E-state index in [2.05, 4.69) is 4.98 Å². The van der Waals surface area contributed by atoms with Crippen LogP contribution in [0, 0.1) is 0 Å². The van der Waals surface area contributed by atoms with Crippen LogP contribution in [-0.4, -0.2) is 28.6 Å². The number of pyridine rings is 1. The van der Waals surface area contributed by atoms with Gasteiger partial charge in [-0.15, -0.1) is 0 Å². The Morgan fingerprint density at radius 1 is 1.25 bits per heavy atom. The first-order valence-electron chi connectivity index (χ1n) is 6.32. The van der Waals surface area contributed by atoms with E-state index in [4.69, 9.17) is 23.2 Å². The molecule has 3 rings (SSSR count). The topological polar surface area (TPSA) is 53.4 Å². The van der Waals surface area contributed by atoms with Gasteiger partial charge in [-0.05, 0) is 37.1 Å². The van der Waals surface area contributed by atoms with Crippen molar-refractivity contribution in [3.63, 3.8) is 0 Å². The van der Waals surface area contributed by atoms with Crippen molar-refractivity contribution in [2.45, 2.75) is 18.9 Å². The smallest absolute Gasteiger partial charge is 0.326 e. The highest BCUT2D eigenvalue weighted by molar-refractivity contribution is 6.39. The molecule has 0 bridgehead atoms. The van der Waals surface area contributed by atoms with E-state index >= 15 is 0 Å². The number of nitrogens with zero attached hydrogens (tertiary/aromatic N) is 2. The Kier molecular flexibility index (Phi) is 3.44. The number of aromatic nitrogens is 1. The van der Waals surface area contributed by atoms with Gasteiger partial charge >= 0.3 is 5.97 Å². The van der Waals surface area contributed by atoms with Crippen LogP contribution in [0.25, 0.3) is 10.9 Å². The molecule has 0 spiro atoms. The molecule has 20 heavy (non-hydrogen) atoms. The molecule has 4 nitrogen and oxygen atoms in total. The number of anilines is 1. The third-order valence-electron chi connectivity index (χ3n) is 3.57. The SMILES string of the molecule is O=C(O)[C@H]1CCCN1c1ccc2c(Cl)ccc(Cl)c2n1. The van der Waals surface area contributed by atoms with Crippen molar-refractivity contribution in [1.82, 2.24) is 4.98 Å². The van der Waals surface area contributed by atoms with E-state index in [0.717, 1.165) is 11.8 Å². The number of hydrogen-bond donors (Lipinski definition) is 1. The summed E-state index contributed by atoms with van der Waals surface area (Å²) in [6, 6.07) is 6.54. The van der Waals surface area contributed by atoms with Gasteiger partial charge < -0.3 is 10.0 Å². The molecule has 6 heteroatoms. The summed E-state index contributed by atoms with van der Waals surface area (Å²) in [5.74, 6) is -0.187. The van der Waals surface area contributed by atoms with Crippen LogP contribution in [0.2, 0.25) is 10.0 Å². The zero-order valence-electron chi connectivity index (χ0n) is 10.5. The van der Waals surface area contributed by atoms with Gasteiger partial charge in [0.15, 0.2) is 0 Å². The molecule has 1 fully saturated rings. The summed E-state index contributed by atoms with van der Waals surface area (Å²) in [5.41, 5.74) is 0.604. The molecular formula is C14H12Cl2N2O2. The molecule has 1 saturated heterocycles. The number of carboxylic acid groups (broad SMARTS) is 1. The van der Waals surface area contributed by atoms with Crippen LogP contribution < -0.4 is 4.90 Å². The minimum absolute atomic E-state index is 0.511. The molecule has 1 atom stereocenters. The Labute approximate surface area is 125 Å². The molecule has 1 aromatic carbocycles. The molecule has 1 aliphatic rings. The Morgan fingerprint density at radius 3 is 2.75 bits per heavy atom. The molecule has 0 amide bonds. The second-order valence-corrected chi connectivity index (χ2v) is 5.60. The maximum absolute atomic E-state index is 11.3. The molecule has 0 unspecified atom stereocenters. The fourth-order valence-electron chi connectivity index (χ4n) is 2.60. The average molecular weight is 311 g/mol. The van der Waals surface area contributed by atoms with E-state index < -0.39 is 12.0 Å². The van der Waals surface area contributed by atoms with E-state index in [1.165, 1.54) is 0 Å². The molecule has 1 N–H and O–H groups in total. The van der Waals surface area contributed by atoms with Gasteiger partial charge in [0.25, 0.3) is 0 Å². The van der Waals surface area contributed by atoms with Crippen LogP contribution in [0.3, 0.4) is 0 Å². The van der Waals surface area contributed by atoms with Gasteiger partial charge in [0.05, 0.1) is 15.6 Å². The van der Waals surface area contributed by atoms with Gasteiger partial charge in [0, 0.05) is 11.9 Å². The molecular weight excluding hydrogens is 299 g/mol. The summed E-state index contributed by atoms with van der Waals surface area (Å²) < 4.78 is 0.